The average Bonchev–Trinajstić information content (AvgIpc) is 2.33. The molecule has 1 heterocycles. The lowest BCUT2D eigenvalue weighted by molar-refractivity contribution is 0.0957. The van der Waals surface area contributed by atoms with Gasteiger partial charge in [-0.1, -0.05) is 6.07 Å². The molecular weight excluding hydrogens is 258 g/mol. The van der Waals surface area contributed by atoms with Gasteiger partial charge in [0.1, 0.15) is 18.2 Å². The predicted octanol–water partition coefficient (Wildman–Crippen LogP) is 0.698. The molecule has 19 heavy (non-hydrogen) atoms. The zero-order valence-electron chi connectivity index (χ0n) is 9.52. The number of ketones is 1. The minimum absolute atomic E-state index is 0.596. The molecule has 2 aromatic rings. The van der Waals surface area contributed by atoms with Crippen LogP contribution in [0.1, 0.15) is 10.4 Å². The molecule has 0 aliphatic carbocycles. The van der Waals surface area contributed by atoms with Gasteiger partial charge in [0.2, 0.25) is 0 Å². The maximum Gasteiger partial charge on any atom is 0.265 e. The van der Waals surface area contributed by atoms with E-state index in [4.69, 9.17) is 0 Å². The summed E-state index contributed by atoms with van der Waals surface area (Å²) in [5, 5.41) is 2.10. The van der Waals surface area contributed by atoms with E-state index in [0.717, 1.165) is 30.3 Å². The molecule has 0 aliphatic rings. The smallest absolute Gasteiger partial charge is 0.265 e. The molecule has 98 valence electrons. The van der Waals surface area contributed by atoms with E-state index >= 15 is 0 Å². The lowest BCUT2D eigenvalue weighted by atomic mass is 10.1. The standard InChI is InChI=1S/C12H8F2N2O3/c13-7-2-1-3-8(14)12(7)9(17)6-16-11(19)5-4-10(18)15-16/h1-5H,6H2,(H,15,18). The first kappa shape index (κ1) is 12.9. The van der Waals surface area contributed by atoms with Crippen LogP contribution in [-0.2, 0) is 6.54 Å². The normalized spacial score (nSPS) is 10.4. The molecule has 0 spiro atoms. The summed E-state index contributed by atoms with van der Waals surface area (Å²) in [5.74, 6) is -2.98. The zero-order valence-corrected chi connectivity index (χ0v) is 9.52. The fourth-order valence-electron chi connectivity index (χ4n) is 1.57. The number of halogens is 2. The van der Waals surface area contributed by atoms with Crippen LogP contribution in [-0.4, -0.2) is 15.6 Å². The number of carbonyl (C=O) groups is 1. The Bertz CT molecular complexity index is 729. The van der Waals surface area contributed by atoms with Crippen LogP contribution >= 0.6 is 0 Å². The monoisotopic (exact) mass is 266 g/mol. The molecule has 0 bridgehead atoms. The van der Waals surface area contributed by atoms with E-state index in [-0.39, 0.29) is 0 Å². The molecule has 0 unspecified atom stereocenters. The van der Waals surface area contributed by atoms with Gasteiger partial charge in [-0.2, -0.15) is 0 Å². The SMILES string of the molecule is O=C(Cn1[nH]c(=O)ccc1=O)c1c(F)cccc1F. The molecule has 0 atom stereocenters. The predicted molar refractivity (Wildman–Crippen MR) is 62.0 cm³/mol. The number of hydrogen-bond donors (Lipinski definition) is 1. The van der Waals surface area contributed by atoms with Gasteiger partial charge in [-0.3, -0.25) is 19.5 Å². The highest BCUT2D eigenvalue weighted by Gasteiger charge is 2.17. The maximum absolute atomic E-state index is 13.4. The lowest BCUT2D eigenvalue weighted by Gasteiger charge is -2.06. The average molecular weight is 266 g/mol. The number of carbonyl (C=O) groups excluding carboxylic acids is 1. The largest absolute Gasteiger partial charge is 0.292 e. The summed E-state index contributed by atoms with van der Waals surface area (Å²) in [6.45, 7) is -0.646. The van der Waals surface area contributed by atoms with Gasteiger partial charge in [0.15, 0.2) is 5.78 Å². The van der Waals surface area contributed by atoms with Gasteiger partial charge in [0.05, 0.1) is 5.56 Å². The van der Waals surface area contributed by atoms with Gasteiger partial charge in [-0.15, -0.1) is 0 Å². The van der Waals surface area contributed by atoms with Crippen LogP contribution in [0.2, 0.25) is 0 Å². The van der Waals surface area contributed by atoms with Crippen LogP contribution in [0.4, 0.5) is 8.78 Å². The van der Waals surface area contributed by atoms with Crippen molar-refractivity contribution in [2.45, 2.75) is 6.54 Å². The third-order valence-electron chi connectivity index (χ3n) is 2.43. The van der Waals surface area contributed by atoms with Gasteiger partial charge in [-0.25, -0.2) is 13.5 Å². The van der Waals surface area contributed by atoms with E-state index in [1.165, 1.54) is 0 Å². The van der Waals surface area contributed by atoms with Crippen LogP contribution in [0, 0.1) is 11.6 Å². The van der Waals surface area contributed by atoms with Crippen LogP contribution in [0.25, 0.3) is 0 Å². The van der Waals surface area contributed by atoms with Crippen LogP contribution in [0.15, 0.2) is 39.9 Å². The van der Waals surface area contributed by atoms with Crippen molar-refractivity contribution in [2.24, 2.45) is 0 Å². The number of hydrogen-bond acceptors (Lipinski definition) is 3. The molecule has 0 saturated heterocycles. The van der Waals surface area contributed by atoms with E-state index in [9.17, 15) is 23.2 Å². The molecule has 7 heteroatoms. The number of nitrogens with one attached hydrogen (secondary N) is 1. The molecule has 0 amide bonds. The highest BCUT2D eigenvalue weighted by molar-refractivity contribution is 5.96. The summed E-state index contributed by atoms with van der Waals surface area (Å²) < 4.78 is 27.4. The molecule has 1 aromatic heterocycles. The van der Waals surface area contributed by atoms with E-state index < -0.39 is 40.6 Å². The van der Waals surface area contributed by atoms with Crippen molar-refractivity contribution < 1.29 is 13.6 Å². The second-order valence-corrected chi connectivity index (χ2v) is 3.75. The topological polar surface area (TPSA) is 71.9 Å². The van der Waals surface area contributed by atoms with E-state index in [2.05, 4.69) is 5.10 Å². The first-order valence-electron chi connectivity index (χ1n) is 5.26. The van der Waals surface area contributed by atoms with Crippen molar-refractivity contribution in [1.29, 1.82) is 0 Å². The summed E-state index contributed by atoms with van der Waals surface area (Å²) in [5.41, 5.74) is -1.98. The van der Waals surface area contributed by atoms with Crippen LogP contribution in [0.5, 0.6) is 0 Å². The number of aromatic amines is 1. The summed E-state index contributed by atoms with van der Waals surface area (Å²) in [4.78, 5) is 34.1. The fourth-order valence-corrected chi connectivity index (χ4v) is 1.57. The Morgan fingerprint density at radius 2 is 1.74 bits per heavy atom. The van der Waals surface area contributed by atoms with Gasteiger partial charge >= 0.3 is 0 Å². The number of benzene rings is 1. The zero-order chi connectivity index (χ0) is 14.0. The summed E-state index contributed by atoms with van der Waals surface area (Å²) in [7, 11) is 0. The Kier molecular flexibility index (Phi) is 3.37. The minimum Gasteiger partial charge on any atom is -0.292 e. The molecule has 1 aromatic carbocycles. The van der Waals surface area contributed by atoms with Crippen molar-refractivity contribution in [1.82, 2.24) is 9.78 Å². The van der Waals surface area contributed by atoms with Crippen molar-refractivity contribution in [2.75, 3.05) is 0 Å². The first-order valence-corrected chi connectivity index (χ1v) is 5.26. The van der Waals surface area contributed by atoms with Gasteiger partial charge in [0, 0.05) is 12.1 Å². The van der Waals surface area contributed by atoms with E-state index in [1.54, 1.807) is 0 Å². The molecule has 0 fully saturated rings. The van der Waals surface area contributed by atoms with Gasteiger partial charge < -0.3 is 0 Å². The highest BCUT2D eigenvalue weighted by atomic mass is 19.1. The third-order valence-corrected chi connectivity index (χ3v) is 2.43. The first-order chi connectivity index (χ1) is 8.99. The van der Waals surface area contributed by atoms with Crippen molar-refractivity contribution in [3.05, 3.63) is 68.2 Å². The molecule has 1 N–H and O–H groups in total. The number of aromatic nitrogens is 2. The third kappa shape index (κ3) is 2.65. The minimum atomic E-state index is -1.02. The van der Waals surface area contributed by atoms with Gasteiger partial charge in [-0.05, 0) is 12.1 Å². The number of nitrogens with zero attached hydrogens (tertiary/aromatic N) is 1. The summed E-state index contributed by atoms with van der Waals surface area (Å²) in [6, 6.07) is 4.95. The van der Waals surface area contributed by atoms with E-state index in [1.807, 2.05) is 0 Å². The summed E-state index contributed by atoms with van der Waals surface area (Å²) >= 11 is 0. The molecule has 0 radical (unpaired) electrons. The Morgan fingerprint density at radius 3 is 2.37 bits per heavy atom. The number of Topliss-reactive ketones (excluding diaryl/α,β-unsaturated/α-hetero) is 1. The number of rotatable bonds is 3. The molecule has 2 rings (SSSR count). The van der Waals surface area contributed by atoms with E-state index in [0.29, 0.717) is 4.68 Å². The molecule has 0 aliphatic heterocycles. The Morgan fingerprint density at radius 1 is 1.11 bits per heavy atom. The summed E-state index contributed by atoms with van der Waals surface area (Å²) in [6.07, 6.45) is 0. The second-order valence-electron chi connectivity index (χ2n) is 3.75. The van der Waals surface area contributed by atoms with Crippen LogP contribution < -0.4 is 11.1 Å². The Balaban J connectivity index is 2.39. The molecular formula is C12H8F2N2O3. The highest BCUT2D eigenvalue weighted by Crippen LogP contribution is 2.12. The molecule has 5 nitrogen and oxygen atoms in total. The van der Waals surface area contributed by atoms with Gasteiger partial charge in [0.25, 0.3) is 11.1 Å². The van der Waals surface area contributed by atoms with Crippen molar-refractivity contribution >= 4 is 5.78 Å². The quantitative estimate of drug-likeness (QED) is 0.831. The van der Waals surface area contributed by atoms with Crippen molar-refractivity contribution in [3.63, 3.8) is 0 Å². The lowest BCUT2D eigenvalue weighted by Crippen LogP contribution is -2.31. The molecule has 0 saturated carbocycles. The maximum atomic E-state index is 13.4. The fraction of sp³-hybridized carbons (Fsp3) is 0.0833. The Hall–Kier alpha value is -2.57. The number of H-pyrrole nitrogens is 1. The van der Waals surface area contributed by atoms with Crippen molar-refractivity contribution in [3.8, 4) is 0 Å². The Labute approximate surface area is 105 Å². The second kappa shape index (κ2) is 4.97. The van der Waals surface area contributed by atoms with Crippen LogP contribution in [0.3, 0.4) is 0 Å².